The Morgan fingerprint density at radius 2 is 2.20 bits per heavy atom. The van der Waals surface area contributed by atoms with Crippen molar-refractivity contribution in [1.29, 1.82) is 0 Å². The standard InChI is InChI=1S/C14H18N2O3S/c1-20-8-4-7-15-14(19)16-9-11(13(17)18)10-5-2-3-6-12(10)16/h2-3,5-6,11H,4,7-9H2,1H3,(H,15,19)(H,17,18). The molecule has 0 saturated carbocycles. The van der Waals surface area contributed by atoms with E-state index in [9.17, 15) is 14.7 Å². The highest BCUT2D eigenvalue weighted by Crippen LogP contribution is 2.36. The van der Waals surface area contributed by atoms with Gasteiger partial charge >= 0.3 is 12.0 Å². The second-order valence-electron chi connectivity index (χ2n) is 4.64. The highest BCUT2D eigenvalue weighted by atomic mass is 32.2. The first-order chi connectivity index (χ1) is 9.65. The van der Waals surface area contributed by atoms with E-state index >= 15 is 0 Å². The predicted molar refractivity (Wildman–Crippen MR) is 80.6 cm³/mol. The molecule has 0 spiro atoms. The van der Waals surface area contributed by atoms with Crippen LogP contribution in [0.1, 0.15) is 17.9 Å². The van der Waals surface area contributed by atoms with Gasteiger partial charge in [0.25, 0.3) is 0 Å². The number of benzene rings is 1. The molecule has 1 aromatic rings. The fourth-order valence-electron chi connectivity index (χ4n) is 2.32. The SMILES string of the molecule is CSCCCNC(=O)N1CC(C(=O)O)c2ccccc21. The summed E-state index contributed by atoms with van der Waals surface area (Å²) in [6.07, 6.45) is 2.93. The fourth-order valence-corrected chi connectivity index (χ4v) is 2.75. The lowest BCUT2D eigenvalue weighted by molar-refractivity contribution is -0.138. The molecule has 1 atom stereocenters. The molecule has 0 bridgehead atoms. The average molecular weight is 294 g/mol. The van der Waals surface area contributed by atoms with E-state index in [1.54, 1.807) is 30.0 Å². The summed E-state index contributed by atoms with van der Waals surface area (Å²) in [5.41, 5.74) is 1.40. The number of thioether (sulfide) groups is 1. The van der Waals surface area contributed by atoms with Crippen LogP contribution in [0.25, 0.3) is 0 Å². The molecular formula is C14H18N2O3S. The molecule has 2 rings (SSSR count). The number of nitrogens with zero attached hydrogens (tertiary/aromatic N) is 1. The first kappa shape index (κ1) is 14.7. The number of carbonyl (C=O) groups is 2. The average Bonchev–Trinajstić information content (AvgIpc) is 2.83. The van der Waals surface area contributed by atoms with E-state index in [1.165, 1.54) is 4.90 Å². The van der Waals surface area contributed by atoms with Gasteiger partial charge < -0.3 is 10.4 Å². The molecule has 0 saturated heterocycles. The Bertz CT molecular complexity index is 507. The van der Waals surface area contributed by atoms with Crippen LogP contribution in [0, 0.1) is 0 Å². The molecule has 1 unspecified atom stereocenters. The maximum atomic E-state index is 12.2. The summed E-state index contributed by atoms with van der Waals surface area (Å²) in [5, 5.41) is 12.1. The second kappa shape index (κ2) is 6.65. The first-order valence-electron chi connectivity index (χ1n) is 6.51. The second-order valence-corrected chi connectivity index (χ2v) is 5.62. The van der Waals surface area contributed by atoms with Crippen LogP contribution in [-0.4, -0.2) is 42.2 Å². The van der Waals surface area contributed by atoms with Gasteiger partial charge in [-0.1, -0.05) is 18.2 Å². The maximum absolute atomic E-state index is 12.2. The molecule has 0 fully saturated rings. The molecule has 0 radical (unpaired) electrons. The third-order valence-corrected chi connectivity index (χ3v) is 4.01. The number of carboxylic acids is 1. The Balaban J connectivity index is 2.06. The van der Waals surface area contributed by atoms with Crippen LogP contribution in [0.2, 0.25) is 0 Å². The van der Waals surface area contributed by atoms with Crippen LogP contribution >= 0.6 is 11.8 Å². The Morgan fingerprint density at radius 1 is 1.45 bits per heavy atom. The van der Waals surface area contributed by atoms with Gasteiger partial charge in [-0.2, -0.15) is 11.8 Å². The van der Waals surface area contributed by atoms with Crippen LogP contribution in [0.4, 0.5) is 10.5 Å². The van der Waals surface area contributed by atoms with Crippen LogP contribution in [0.5, 0.6) is 0 Å². The van der Waals surface area contributed by atoms with Crippen LogP contribution < -0.4 is 10.2 Å². The van der Waals surface area contributed by atoms with E-state index in [1.807, 2.05) is 12.3 Å². The van der Waals surface area contributed by atoms with Gasteiger partial charge in [0.1, 0.15) is 5.92 Å². The summed E-state index contributed by atoms with van der Waals surface area (Å²) in [6.45, 7) is 0.805. The summed E-state index contributed by atoms with van der Waals surface area (Å²) in [4.78, 5) is 24.9. The van der Waals surface area contributed by atoms with Crippen molar-refractivity contribution >= 4 is 29.4 Å². The first-order valence-corrected chi connectivity index (χ1v) is 7.90. The normalized spacial score (nSPS) is 16.9. The van der Waals surface area contributed by atoms with E-state index in [0.29, 0.717) is 17.8 Å². The molecule has 1 heterocycles. The van der Waals surface area contributed by atoms with E-state index in [4.69, 9.17) is 0 Å². The smallest absolute Gasteiger partial charge is 0.321 e. The highest BCUT2D eigenvalue weighted by Gasteiger charge is 2.36. The minimum absolute atomic E-state index is 0.197. The van der Waals surface area contributed by atoms with E-state index in [2.05, 4.69) is 5.32 Å². The minimum atomic E-state index is -0.893. The topological polar surface area (TPSA) is 69.6 Å². The monoisotopic (exact) mass is 294 g/mol. The maximum Gasteiger partial charge on any atom is 0.321 e. The molecule has 2 amide bonds. The Morgan fingerprint density at radius 3 is 2.90 bits per heavy atom. The van der Waals surface area contributed by atoms with Crippen molar-refractivity contribution in [3.8, 4) is 0 Å². The molecule has 5 nitrogen and oxygen atoms in total. The molecular weight excluding hydrogens is 276 g/mol. The van der Waals surface area contributed by atoms with Gasteiger partial charge in [0, 0.05) is 18.8 Å². The Hall–Kier alpha value is -1.69. The van der Waals surface area contributed by atoms with Crippen LogP contribution in [-0.2, 0) is 4.79 Å². The number of fused-ring (bicyclic) bond motifs is 1. The fraction of sp³-hybridized carbons (Fsp3) is 0.429. The third-order valence-electron chi connectivity index (χ3n) is 3.31. The van der Waals surface area contributed by atoms with Gasteiger partial charge in [0.2, 0.25) is 0 Å². The van der Waals surface area contributed by atoms with Gasteiger partial charge in [0.05, 0.1) is 0 Å². The van der Waals surface area contributed by atoms with Gasteiger partial charge in [-0.25, -0.2) is 4.79 Å². The highest BCUT2D eigenvalue weighted by molar-refractivity contribution is 7.98. The number of rotatable bonds is 5. The number of para-hydroxylation sites is 1. The predicted octanol–water partition coefficient (Wildman–Crippen LogP) is 2.14. The number of carboxylic acid groups (broad SMARTS) is 1. The summed E-state index contributed by atoms with van der Waals surface area (Å²) in [5.74, 6) is -0.535. The number of nitrogens with one attached hydrogen (secondary N) is 1. The van der Waals surface area contributed by atoms with Crippen molar-refractivity contribution in [1.82, 2.24) is 5.32 Å². The molecule has 108 valence electrons. The summed E-state index contributed by atoms with van der Waals surface area (Å²) < 4.78 is 0. The Labute approximate surface area is 122 Å². The van der Waals surface area contributed by atoms with E-state index < -0.39 is 11.9 Å². The number of carbonyl (C=O) groups excluding carboxylic acids is 1. The third kappa shape index (κ3) is 3.07. The lowest BCUT2D eigenvalue weighted by Crippen LogP contribution is -2.40. The zero-order chi connectivity index (χ0) is 14.5. The summed E-state index contributed by atoms with van der Waals surface area (Å²) in [6, 6.07) is 6.96. The molecule has 1 aliphatic rings. The van der Waals surface area contributed by atoms with Crippen molar-refractivity contribution < 1.29 is 14.7 Å². The molecule has 0 aliphatic carbocycles. The largest absolute Gasteiger partial charge is 0.481 e. The Kier molecular flexibility index (Phi) is 4.89. The molecule has 20 heavy (non-hydrogen) atoms. The van der Waals surface area contributed by atoms with Crippen LogP contribution in [0.3, 0.4) is 0 Å². The lowest BCUT2D eigenvalue weighted by atomic mass is 10.0. The van der Waals surface area contributed by atoms with Crippen molar-refractivity contribution in [3.05, 3.63) is 29.8 Å². The number of urea groups is 1. The van der Waals surface area contributed by atoms with E-state index in [-0.39, 0.29) is 12.6 Å². The molecule has 2 N–H and O–H groups in total. The van der Waals surface area contributed by atoms with Gasteiger partial charge in [-0.15, -0.1) is 0 Å². The lowest BCUT2D eigenvalue weighted by Gasteiger charge is -2.18. The zero-order valence-electron chi connectivity index (χ0n) is 11.3. The quantitative estimate of drug-likeness (QED) is 0.816. The van der Waals surface area contributed by atoms with Gasteiger partial charge in [-0.05, 0) is 30.1 Å². The molecule has 1 aromatic carbocycles. The number of hydrogen-bond acceptors (Lipinski definition) is 3. The van der Waals surface area contributed by atoms with Gasteiger partial charge in [0.15, 0.2) is 0 Å². The van der Waals surface area contributed by atoms with Gasteiger partial charge in [-0.3, -0.25) is 9.69 Å². The summed E-state index contributed by atoms with van der Waals surface area (Å²) >= 11 is 1.74. The van der Waals surface area contributed by atoms with Crippen molar-refractivity contribution in [2.45, 2.75) is 12.3 Å². The number of aliphatic carboxylic acids is 1. The molecule has 0 aromatic heterocycles. The number of anilines is 1. The van der Waals surface area contributed by atoms with E-state index in [0.717, 1.165) is 12.2 Å². The number of hydrogen-bond donors (Lipinski definition) is 2. The summed E-state index contributed by atoms with van der Waals surface area (Å²) in [7, 11) is 0. The van der Waals surface area contributed by atoms with Crippen LogP contribution in [0.15, 0.2) is 24.3 Å². The van der Waals surface area contributed by atoms with Crippen molar-refractivity contribution in [2.75, 3.05) is 30.0 Å². The number of amides is 2. The minimum Gasteiger partial charge on any atom is -0.481 e. The van der Waals surface area contributed by atoms with Crippen molar-refractivity contribution in [3.63, 3.8) is 0 Å². The van der Waals surface area contributed by atoms with Crippen molar-refractivity contribution in [2.24, 2.45) is 0 Å². The zero-order valence-corrected chi connectivity index (χ0v) is 12.2. The molecule has 6 heteroatoms. The molecule has 1 aliphatic heterocycles.